The van der Waals surface area contributed by atoms with Crippen LogP contribution in [-0.2, 0) is 29.0 Å². The van der Waals surface area contributed by atoms with E-state index < -0.39 is 11.6 Å². The highest BCUT2D eigenvalue weighted by Gasteiger charge is 2.33. The van der Waals surface area contributed by atoms with E-state index in [4.69, 9.17) is 23.2 Å². The minimum atomic E-state index is -0.749. The van der Waals surface area contributed by atoms with Crippen molar-refractivity contribution in [2.45, 2.75) is 58.7 Å². The second-order valence-electron chi connectivity index (χ2n) is 9.83. The van der Waals surface area contributed by atoms with Crippen LogP contribution in [0.1, 0.15) is 43.0 Å². The minimum Gasteiger partial charge on any atom is -0.350 e. The number of amides is 2. The largest absolute Gasteiger partial charge is 0.350 e. The van der Waals surface area contributed by atoms with E-state index in [1.165, 1.54) is 0 Å². The summed E-state index contributed by atoms with van der Waals surface area (Å²) in [5.74, 6) is -0.390. The van der Waals surface area contributed by atoms with Gasteiger partial charge in [0.05, 0.1) is 6.42 Å². The van der Waals surface area contributed by atoms with Gasteiger partial charge in [0.1, 0.15) is 6.04 Å². The Morgan fingerprint density at radius 1 is 0.886 bits per heavy atom. The number of carbonyl (C=O) groups is 2. The third-order valence-electron chi connectivity index (χ3n) is 5.60. The molecule has 1 atom stereocenters. The molecule has 0 saturated heterocycles. The summed E-state index contributed by atoms with van der Waals surface area (Å²) in [6.07, 6.45) is 0.530. The lowest BCUT2D eigenvalue weighted by Gasteiger charge is -2.34. The number of hydrogen-bond donors (Lipinski definition) is 1. The zero-order valence-electron chi connectivity index (χ0n) is 20.6. The summed E-state index contributed by atoms with van der Waals surface area (Å²) in [6.45, 7) is 7.89. The van der Waals surface area contributed by atoms with Crippen LogP contribution in [-0.4, -0.2) is 28.3 Å². The molecule has 0 fully saturated rings. The van der Waals surface area contributed by atoms with Crippen LogP contribution in [0.2, 0.25) is 10.0 Å². The fourth-order valence-electron chi connectivity index (χ4n) is 3.96. The number of nitrogens with one attached hydrogen (secondary N) is 1. The molecule has 0 aromatic heterocycles. The molecule has 1 N–H and O–H groups in total. The monoisotopic (exact) mass is 510 g/mol. The Kier molecular flexibility index (Phi) is 8.98. The van der Waals surface area contributed by atoms with E-state index in [1.807, 2.05) is 82.3 Å². The Morgan fingerprint density at radius 3 is 2.09 bits per heavy atom. The molecule has 3 aromatic carbocycles. The molecule has 0 heterocycles. The minimum absolute atomic E-state index is 0.123. The molecule has 0 radical (unpaired) electrons. The van der Waals surface area contributed by atoms with Crippen molar-refractivity contribution in [3.05, 3.63) is 105 Å². The van der Waals surface area contributed by atoms with Gasteiger partial charge in [-0.2, -0.15) is 0 Å². The molecule has 0 aliphatic heterocycles. The summed E-state index contributed by atoms with van der Waals surface area (Å²) in [7, 11) is 0. The first-order valence-electron chi connectivity index (χ1n) is 11.7. The van der Waals surface area contributed by atoms with E-state index >= 15 is 0 Å². The maximum Gasteiger partial charge on any atom is 0.243 e. The number of hydrogen-bond acceptors (Lipinski definition) is 2. The van der Waals surface area contributed by atoms with Gasteiger partial charge in [0.15, 0.2) is 0 Å². The molecular formula is C29H32Cl2N2O2. The lowest BCUT2D eigenvalue weighted by molar-refractivity contribution is -0.141. The molecule has 35 heavy (non-hydrogen) atoms. The number of halogens is 2. The van der Waals surface area contributed by atoms with Gasteiger partial charge in [-0.05, 0) is 51.0 Å². The molecule has 0 aliphatic carbocycles. The smallest absolute Gasteiger partial charge is 0.243 e. The van der Waals surface area contributed by atoms with E-state index in [2.05, 4.69) is 5.32 Å². The van der Waals surface area contributed by atoms with Gasteiger partial charge < -0.3 is 10.2 Å². The van der Waals surface area contributed by atoms with Crippen LogP contribution in [0.4, 0.5) is 0 Å². The van der Waals surface area contributed by atoms with E-state index in [9.17, 15) is 9.59 Å². The summed E-state index contributed by atoms with van der Waals surface area (Å²) in [5.41, 5.74) is 3.08. The third kappa shape index (κ3) is 7.84. The van der Waals surface area contributed by atoms with Gasteiger partial charge in [-0.25, -0.2) is 0 Å². The SMILES string of the molecule is Cc1cccc(CC(=O)N(Cc2c(Cl)cccc2Cl)C(Cc2ccccc2)C(=O)NC(C)(C)C)c1. The Morgan fingerprint density at radius 2 is 1.49 bits per heavy atom. The van der Waals surface area contributed by atoms with E-state index in [-0.39, 0.29) is 24.8 Å². The van der Waals surface area contributed by atoms with Crippen molar-refractivity contribution in [3.8, 4) is 0 Å². The van der Waals surface area contributed by atoms with E-state index in [0.29, 0.717) is 22.0 Å². The standard InChI is InChI=1S/C29H32Cl2N2O2/c1-20-10-8-13-22(16-20)18-27(34)33(19-23-24(30)14-9-15-25(23)31)26(28(35)32-29(2,3)4)17-21-11-6-5-7-12-21/h5-16,26H,17-19H2,1-4H3,(H,32,35). The summed E-state index contributed by atoms with van der Waals surface area (Å²) in [6, 6.07) is 22.0. The summed E-state index contributed by atoms with van der Waals surface area (Å²) in [4.78, 5) is 29.0. The molecular weight excluding hydrogens is 479 g/mol. The van der Waals surface area contributed by atoms with Gasteiger partial charge in [-0.3, -0.25) is 9.59 Å². The Balaban J connectivity index is 2.04. The molecule has 184 valence electrons. The summed E-state index contributed by atoms with van der Waals surface area (Å²) in [5, 5.41) is 3.98. The summed E-state index contributed by atoms with van der Waals surface area (Å²) < 4.78 is 0. The Hall–Kier alpha value is -2.82. The maximum absolute atomic E-state index is 13.8. The average Bonchev–Trinajstić information content (AvgIpc) is 2.77. The lowest BCUT2D eigenvalue weighted by Crippen LogP contribution is -2.54. The number of carbonyl (C=O) groups excluding carboxylic acids is 2. The molecule has 3 aromatic rings. The zero-order chi connectivity index (χ0) is 25.6. The number of benzene rings is 3. The highest BCUT2D eigenvalue weighted by molar-refractivity contribution is 6.36. The molecule has 0 aliphatic rings. The van der Waals surface area contributed by atoms with Crippen molar-refractivity contribution in [2.24, 2.45) is 0 Å². The predicted molar refractivity (Wildman–Crippen MR) is 144 cm³/mol. The van der Waals surface area contributed by atoms with Crippen LogP contribution >= 0.6 is 23.2 Å². The quantitative estimate of drug-likeness (QED) is 0.381. The Labute approximate surface area is 218 Å². The van der Waals surface area contributed by atoms with Crippen LogP contribution in [0.5, 0.6) is 0 Å². The van der Waals surface area contributed by atoms with Crippen molar-refractivity contribution in [3.63, 3.8) is 0 Å². The molecule has 3 rings (SSSR count). The second kappa shape index (κ2) is 11.7. The second-order valence-corrected chi connectivity index (χ2v) is 10.6. The number of rotatable bonds is 8. The van der Waals surface area contributed by atoms with E-state index in [1.54, 1.807) is 23.1 Å². The molecule has 0 saturated carbocycles. The fourth-order valence-corrected chi connectivity index (χ4v) is 4.48. The van der Waals surface area contributed by atoms with Crippen LogP contribution in [0.3, 0.4) is 0 Å². The first-order chi connectivity index (χ1) is 16.5. The first-order valence-corrected chi connectivity index (χ1v) is 12.4. The van der Waals surface area contributed by atoms with Crippen molar-refractivity contribution in [1.82, 2.24) is 10.2 Å². The van der Waals surface area contributed by atoms with Crippen molar-refractivity contribution >= 4 is 35.0 Å². The topological polar surface area (TPSA) is 49.4 Å². The van der Waals surface area contributed by atoms with E-state index in [0.717, 1.165) is 16.7 Å². The molecule has 4 nitrogen and oxygen atoms in total. The van der Waals surface area contributed by atoms with Crippen LogP contribution in [0.25, 0.3) is 0 Å². The zero-order valence-corrected chi connectivity index (χ0v) is 22.2. The van der Waals surface area contributed by atoms with Crippen LogP contribution in [0.15, 0.2) is 72.8 Å². The van der Waals surface area contributed by atoms with Crippen LogP contribution in [0, 0.1) is 6.92 Å². The maximum atomic E-state index is 13.8. The molecule has 0 bridgehead atoms. The predicted octanol–water partition coefficient (Wildman–Crippen LogP) is 6.40. The highest BCUT2D eigenvalue weighted by atomic mass is 35.5. The van der Waals surface area contributed by atoms with Crippen molar-refractivity contribution in [1.29, 1.82) is 0 Å². The Bertz CT molecular complexity index is 1150. The first kappa shape index (κ1) is 26.8. The van der Waals surface area contributed by atoms with Gasteiger partial charge in [0.2, 0.25) is 11.8 Å². The number of aryl methyl sites for hydroxylation is 1. The fraction of sp³-hybridized carbons (Fsp3) is 0.310. The molecule has 1 unspecified atom stereocenters. The van der Waals surface area contributed by atoms with Crippen molar-refractivity contribution < 1.29 is 9.59 Å². The van der Waals surface area contributed by atoms with Crippen molar-refractivity contribution in [2.75, 3.05) is 0 Å². The number of nitrogens with zero attached hydrogens (tertiary/aromatic N) is 1. The normalized spacial score (nSPS) is 12.2. The molecule has 0 spiro atoms. The van der Waals surface area contributed by atoms with Gasteiger partial charge in [-0.1, -0.05) is 89.4 Å². The third-order valence-corrected chi connectivity index (χ3v) is 6.31. The van der Waals surface area contributed by atoms with Crippen LogP contribution < -0.4 is 5.32 Å². The average molecular weight is 511 g/mol. The summed E-state index contributed by atoms with van der Waals surface area (Å²) >= 11 is 13.0. The molecule has 2 amide bonds. The van der Waals surface area contributed by atoms with Gasteiger partial charge >= 0.3 is 0 Å². The molecule has 6 heteroatoms. The highest BCUT2D eigenvalue weighted by Crippen LogP contribution is 2.28. The van der Waals surface area contributed by atoms with Gasteiger partial charge in [0, 0.05) is 34.1 Å². The lowest BCUT2D eigenvalue weighted by atomic mass is 9.99. The van der Waals surface area contributed by atoms with Gasteiger partial charge in [-0.15, -0.1) is 0 Å². The van der Waals surface area contributed by atoms with Gasteiger partial charge in [0.25, 0.3) is 0 Å².